The predicted octanol–water partition coefficient (Wildman–Crippen LogP) is 2.73. The van der Waals surface area contributed by atoms with Crippen molar-refractivity contribution in [3.63, 3.8) is 0 Å². The molecule has 1 amide bonds. The number of anilines is 2. The van der Waals surface area contributed by atoms with Crippen molar-refractivity contribution in [2.75, 3.05) is 17.7 Å². The molecule has 0 saturated heterocycles. The highest BCUT2D eigenvalue weighted by molar-refractivity contribution is 6.34. The molecule has 2 N–H and O–H groups in total. The number of halogens is 1. The van der Waals surface area contributed by atoms with Gasteiger partial charge in [0.25, 0.3) is 5.91 Å². The number of hydrogen-bond donors (Lipinski definition) is 2. The molecule has 98 valence electrons. The summed E-state index contributed by atoms with van der Waals surface area (Å²) in [6.45, 7) is 1.93. The maximum atomic E-state index is 12.1. The van der Waals surface area contributed by atoms with Crippen LogP contribution in [0.15, 0.2) is 30.6 Å². The van der Waals surface area contributed by atoms with Crippen LogP contribution in [0, 0.1) is 6.92 Å². The fourth-order valence-corrected chi connectivity index (χ4v) is 1.73. The zero-order chi connectivity index (χ0) is 13.8. The van der Waals surface area contributed by atoms with Crippen molar-refractivity contribution in [1.82, 2.24) is 9.97 Å². The summed E-state index contributed by atoms with van der Waals surface area (Å²) in [6.07, 6.45) is 3.07. The van der Waals surface area contributed by atoms with Crippen LogP contribution < -0.4 is 10.6 Å². The molecule has 0 bridgehead atoms. The van der Waals surface area contributed by atoms with Crippen molar-refractivity contribution in [2.45, 2.75) is 6.92 Å². The summed E-state index contributed by atoms with van der Waals surface area (Å²) in [5.74, 6) is 0.748. The van der Waals surface area contributed by atoms with Crippen LogP contribution in [-0.2, 0) is 0 Å². The number of aromatic nitrogens is 2. The van der Waals surface area contributed by atoms with Gasteiger partial charge in [-0.2, -0.15) is 0 Å². The van der Waals surface area contributed by atoms with Crippen molar-refractivity contribution in [3.05, 3.63) is 46.7 Å². The molecule has 6 heteroatoms. The molecule has 19 heavy (non-hydrogen) atoms. The molecule has 0 aliphatic carbocycles. The van der Waals surface area contributed by atoms with Crippen LogP contribution in [0.1, 0.15) is 15.9 Å². The van der Waals surface area contributed by atoms with Gasteiger partial charge in [-0.1, -0.05) is 11.6 Å². The van der Waals surface area contributed by atoms with E-state index < -0.39 is 0 Å². The standard InChI is InChI=1S/C13H13ClN4O/c1-8-3-4-16-12(5-8)18-13(19)9-6-11(15-2)17-7-10(9)14/h3-7H,1-2H3,(H,15,17)(H,16,18,19). The smallest absolute Gasteiger partial charge is 0.258 e. The van der Waals surface area contributed by atoms with Crippen molar-refractivity contribution in [2.24, 2.45) is 0 Å². The second-order valence-corrected chi connectivity index (χ2v) is 4.38. The molecule has 0 unspecified atom stereocenters. The van der Waals surface area contributed by atoms with Gasteiger partial charge in [0.2, 0.25) is 0 Å². The Morgan fingerprint density at radius 1 is 1.26 bits per heavy atom. The summed E-state index contributed by atoms with van der Waals surface area (Å²) >= 11 is 5.97. The first kappa shape index (κ1) is 13.3. The van der Waals surface area contributed by atoms with Gasteiger partial charge in [-0.05, 0) is 30.7 Å². The number of carbonyl (C=O) groups is 1. The first-order valence-electron chi connectivity index (χ1n) is 5.67. The Morgan fingerprint density at radius 3 is 2.74 bits per heavy atom. The van der Waals surface area contributed by atoms with Gasteiger partial charge in [0.05, 0.1) is 10.6 Å². The minimum absolute atomic E-state index is 0.296. The zero-order valence-electron chi connectivity index (χ0n) is 10.6. The Hall–Kier alpha value is -2.14. The second kappa shape index (κ2) is 5.67. The predicted molar refractivity (Wildman–Crippen MR) is 75.7 cm³/mol. The lowest BCUT2D eigenvalue weighted by Gasteiger charge is -2.08. The Bertz CT molecular complexity index is 615. The first-order chi connectivity index (χ1) is 9.10. The molecule has 0 radical (unpaired) electrons. The molecule has 2 aromatic rings. The zero-order valence-corrected chi connectivity index (χ0v) is 11.3. The van der Waals surface area contributed by atoms with Gasteiger partial charge in [0, 0.05) is 19.4 Å². The Morgan fingerprint density at radius 2 is 2.05 bits per heavy atom. The molecular weight excluding hydrogens is 264 g/mol. The quantitative estimate of drug-likeness (QED) is 0.905. The van der Waals surface area contributed by atoms with Crippen LogP contribution in [0.4, 0.5) is 11.6 Å². The van der Waals surface area contributed by atoms with Crippen LogP contribution in [-0.4, -0.2) is 22.9 Å². The number of carbonyl (C=O) groups excluding carboxylic acids is 1. The lowest BCUT2D eigenvalue weighted by molar-refractivity contribution is 0.102. The average molecular weight is 277 g/mol. The van der Waals surface area contributed by atoms with Crippen molar-refractivity contribution < 1.29 is 4.79 Å². The van der Waals surface area contributed by atoms with Gasteiger partial charge in [-0.3, -0.25) is 4.79 Å². The van der Waals surface area contributed by atoms with Gasteiger partial charge in [-0.15, -0.1) is 0 Å². The number of pyridine rings is 2. The number of amides is 1. The molecule has 0 aliphatic rings. The summed E-state index contributed by atoms with van der Waals surface area (Å²) in [7, 11) is 1.72. The highest BCUT2D eigenvalue weighted by Crippen LogP contribution is 2.19. The lowest BCUT2D eigenvalue weighted by Crippen LogP contribution is -2.14. The molecule has 2 heterocycles. The van der Waals surface area contributed by atoms with Crippen molar-refractivity contribution in [3.8, 4) is 0 Å². The lowest BCUT2D eigenvalue weighted by atomic mass is 10.2. The first-order valence-corrected chi connectivity index (χ1v) is 6.05. The van der Waals surface area contributed by atoms with Crippen molar-refractivity contribution >= 4 is 29.1 Å². The second-order valence-electron chi connectivity index (χ2n) is 3.97. The van der Waals surface area contributed by atoms with Crippen LogP contribution in [0.5, 0.6) is 0 Å². The third-order valence-corrected chi connectivity index (χ3v) is 2.81. The van der Waals surface area contributed by atoms with Gasteiger partial charge in [0.1, 0.15) is 11.6 Å². The molecule has 2 aromatic heterocycles. The van der Waals surface area contributed by atoms with Gasteiger partial charge in [0.15, 0.2) is 0 Å². The molecule has 5 nitrogen and oxygen atoms in total. The topological polar surface area (TPSA) is 66.9 Å². The molecule has 0 spiro atoms. The molecule has 0 aromatic carbocycles. The minimum atomic E-state index is -0.318. The average Bonchev–Trinajstić information content (AvgIpc) is 2.39. The Balaban J connectivity index is 2.25. The fourth-order valence-electron chi connectivity index (χ4n) is 1.54. The summed E-state index contributed by atoms with van der Waals surface area (Å²) in [6, 6.07) is 5.23. The van der Waals surface area contributed by atoms with Gasteiger partial charge >= 0.3 is 0 Å². The number of aryl methyl sites for hydroxylation is 1. The van der Waals surface area contributed by atoms with Crippen LogP contribution in [0.2, 0.25) is 5.02 Å². The number of nitrogens with zero attached hydrogens (tertiary/aromatic N) is 2. The van der Waals surface area contributed by atoms with E-state index in [9.17, 15) is 4.79 Å². The third-order valence-electron chi connectivity index (χ3n) is 2.51. The number of nitrogens with one attached hydrogen (secondary N) is 2. The molecular formula is C13H13ClN4O. The van der Waals surface area contributed by atoms with Gasteiger partial charge < -0.3 is 10.6 Å². The van der Waals surface area contributed by atoms with Crippen LogP contribution in [0.3, 0.4) is 0 Å². The molecule has 0 atom stereocenters. The van der Waals surface area contributed by atoms with Crippen LogP contribution in [0.25, 0.3) is 0 Å². The van der Waals surface area contributed by atoms with Gasteiger partial charge in [-0.25, -0.2) is 9.97 Å². The maximum Gasteiger partial charge on any atom is 0.258 e. The van der Waals surface area contributed by atoms with Crippen molar-refractivity contribution in [1.29, 1.82) is 0 Å². The monoisotopic (exact) mass is 276 g/mol. The summed E-state index contributed by atoms with van der Waals surface area (Å²) in [4.78, 5) is 20.2. The van der Waals surface area contributed by atoms with E-state index in [1.54, 1.807) is 25.4 Å². The largest absolute Gasteiger partial charge is 0.373 e. The van der Waals surface area contributed by atoms with E-state index in [2.05, 4.69) is 20.6 Å². The minimum Gasteiger partial charge on any atom is -0.373 e. The number of hydrogen-bond acceptors (Lipinski definition) is 4. The van der Waals surface area contributed by atoms with E-state index in [1.807, 2.05) is 13.0 Å². The fraction of sp³-hybridized carbons (Fsp3) is 0.154. The highest BCUT2D eigenvalue weighted by Gasteiger charge is 2.12. The highest BCUT2D eigenvalue weighted by atomic mass is 35.5. The van der Waals surface area contributed by atoms with E-state index in [1.165, 1.54) is 6.20 Å². The Labute approximate surface area is 116 Å². The molecule has 0 fully saturated rings. The number of rotatable bonds is 3. The molecule has 0 aliphatic heterocycles. The summed E-state index contributed by atoms with van der Waals surface area (Å²) < 4.78 is 0. The van der Waals surface area contributed by atoms with E-state index >= 15 is 0 Å². The Kier molecular flexibility index (Phi) is 3.97. The summed E-state index contributed by atoms with van der Waals surface area (Å²) in [5.41, 5.74) is 1.37. The van der Waals surface area contributed by atoms with E-state index in [4.69, 9.17) is 11.6 Å². The molecule has 2 rings (SSSR count). The van der Waals surface area contributed by atoms with E-state index in [0.29, 0.717) is 22.2 Å². The van der Waals surface area contributed by atoms with E-state index in [-0.39, 0.29) is 5.91 Å². The van der Waals surface area contributed by atoms with E-state index in [0.717, 1.165) is 5.56 Å². The SMILES string of the molecule is CNc1cc(C(=O)Nc2cc(C)ccn2)c(Cl)cn1. The maximum absolute atomic E-state index is 12.1. The normalized spacial score (nSPS) is 10.1. The summed E-state index contributed by atoms with van der Waals surface area (Å²) in [5, 5.41) is 5.85. The van der Waals surface area contributed by atoms with Crippen LogP contribution >= 0.6 is 11.6 Å². The molecule has 0 saturated carbocycles. The third kappa shape index (κ3) is 3.20.